The van der Waals surface area contributed by atoms with E-state index in [4.69, 9.17) is 9.84 Å². The van der Waals surface area contributed by atoms with Crippen molar-refractivity contribution < 1.29 is 19.4 Å². The van der Waals surface area contributed by atoms with Gasteiger partial charge >= 0.3 is 5.97 Å². The summed E-state index contributed by atoms with van der Waals surface area (Å²) in [4.78, 5) is 24.3. The molecule has 7 nitrogen and oxygen atoms in total. The molecule has 1 N–H and O–H groups in total. The maximum absolute atomic E-state index is 11.9. The number of aliphatic carboxylic acids is 1. The lowest BCUT2D eigenvalue weighted by Gasteiger charge is -2.10. The van der Waals surface area contributed by atoms with Crippen LogP contribution in [-0.2, 0) is 9.59 Å². The molecule has 1 amide bonds. The highest BCUT2D eigenvalue weighted by molar-refractivity contribution is 7.18. The second kappa shape index (κ2) is 5.72. The number of amides is 1. The monoisotopic (exact) mass is 319 g/mol. The zero-order chi connectivity index (χ0) is 15.7. The van der Waals surface area contributed by atoms with Gasteiger partial charge in [0, 0.05) is 18.5 Å². The molecule has 1 saturated heterocycles. The van der Waals surface area contributed by atoms with E-state index in [0.717, 1.165) is 11.3 Å². The summed E-state index contributed by atoms with van der Waals surface area (Å²) in [5, 5.41) is 18.2. The SMILES string of the molecule is COc1ccc(-c2nnc(N3CC(C(=O)O)CC3=O)s2)cc1. The molecule has 1 aromatic carbocycles. The highest BCUT2D eigenvalue weighted by atomic mass is 32.1. The van der Waals surface area contributed by atoms with E-state index < -0.39 is 11.9 Å². The van der Waals surface area contributed by atoms with Gasteiger partial charge in [-0.3, -0.25) is 14.5 Å². The van der Waals surface area contributed by atoms with Gasteiger partial charge in [0.05, 0.1) is 13.0 Å². The van der Waals surface area contributed by atoms with Crippen molar-refractivity contribution in [2.75, 3.05) is 18.6 Å². The fraction of sp³-hybridized carbons (Fsp3) is 0.286. The molecule has 22 heavy (non-hydrogen) atoms. The molecule has 1 atom stereocenters. The molecule has 1 aromatic heterocycles. The fourth-order valence-corrected chi connectivity index (χ4v) is 3.11. The first-order valence-electron chi connectivity index (χ1n) is 6.59. The minimum Gasteiger partial charge on any atom is -0.497 e. The van der Waals surface area contributed by atoms with Crippen LogP contribution in [0.15, 0.2) is 24.3 Å². The Morgan fingerprint density at radius 1 is 1.36 bits per heavy atom. The minimum absolute atomic E-state index is 0.00673. The lowest BCUT2D eigenvalue weighted by Crippen LogP contribution is -2.25. The van der Waals surface area contributed by atoms with Crippen LogP contribution >= 0.6 is 11.3 Å². The number of hydrogen-bond acceptors (Lipinski definition) is 6. The maximum atomic E-state index is 11.9. The minimum atomic E-state index is -0.962. The van der Waals surface area contributed by atoms with E-state index in [1.807, 2.05) is 24.3 Å². The maximum Gasteiger partial charge on any atom is 0.308 e. The van der Waals surface area contributed by atoms with E-state index in [9.17, 15) is 9.59 Å². The van der Waals surface area contributed by atoms with Crippen molar-refractivity contribution in [2.45, 2.75) is 6.42 Å². The summed E-state index contributed by atoms with van der Waals surface area (Å²) in [6.45, 7) is 0.144. The number of carboxylic acids is 1. The predicted molar refractivity (Wildman–Crippen MR) is 80.0 cm³/mol. The third-order valence-electron chi connectivity index (χ3n) is 3.46. The van der Waals surface area contributed by atoms with Crippen LogP contribution < -0.4 is 9.64 Å². The zero-order valence-electron chi connectivity index (χ0n) is 11.7. The van der Waals surface area contributed by atoms with Crippen LogP contribution in [0.2, 0.25) is 0 Å². The number of carboxylic acid groups (broad SMARTS) is 1. The molecule has 0 saturated carbocycles. The van der Waals surface area contributed by atoms with E-state index >= 15 is 0 Å². The molecule has 0 aliphatic carbocycles. The first-order chi connectivity index (χ1) is 10.6. The molecule has 1 aliphatic heterocycles. The largest absolute Gasteiger partial charge is 0.497 e. The van der Waals surface area contributed by atoms with Crippen molar-refractivity contribution >= 4 is 28.3 Å². The van der Waals surface area contributed by atoms with Gasteiger partial charge in [-0.2, -0.15) is 0 Å². The Hall–Kier alpha value is -2.48. The van der Waals surface area contributed by atoms with E-state index in [1.54, 1.807) is 7.11 Å². The molecule has 1 unspecified atom stereocenters. The Bertz CT molecular complexity index is 713. The number of carbonyl (C=O) groups excluding carboxylic acids is 1. The lowest BCUT2D eigenvalue weighted by atomic mass is 10.1. The normalized spacial score (nSPS) is 17.8. The molecule has 0 bridgehead atoms. The van der Waals surface area contributed by atoms with Gasteiger partial charge in [-0.25, -0.2) is 0 Å². The Morgan fingerprint density at radius 3 is 2.68 bits per heavy atom. The zero-order valence-corrected chi connectivity index (χ0v) is 12.5. The van der Waals surface area contributed by atoms with E-state index in [0.29, 0.717) is 10.1 Å². The smallest absolute Gasteiger partial charge is 0.308 e. The Morgan fingerprint density at radius 2 is 2.09 bits per heavy atom. The van der Waals surface area contributed by atoms with Crippen molar-refractivity contribution in [3.63, 3.8) is 0 Å². The lowest BCUT2D eigenvalue weighted by molar-refractivity contribution is -0.141. The number of rotatable bonds is 4. The number of hydrogen-bond donors (Lipinski definition) is 1. The summed E-state index contributed by atoms with van der Waals surface area (Å²) >= 11 is 1.26. The standard InChI is InChI=1S/C14H13N3O4S/c1-21-10-4-2-8(3-5-10)12-15-16-14(22-12)17-7-9(13(19)20)6-11(17)18/h2-5,9H,6-7H2,1H3,(H,19,20). The van der Waals surface area contributed by atoms with Gasteiger partial charge < -0.3 is 9.84 Å². The van der Waals surface area contributed by atoms with Gasteiger partial charge in [-0.1, -0.05) is 11.3 Å². The molecule has 8 heteroatoms. The first kappa shape index (κ1) is 14.5. The highest BCUT2D eigenvalue weighted by Gasteiger charge is 2.36. The van der Waals surface area contributed by atoms with Crippen LogP contribution in [0.4, 0.5) is 5.13 Å². The van der Waals surface area contributed by atoms with E-state index in [1.165, 1.54) is 16.2 Å². The van der Waals surface area contributed by atoms with Crippen LogP contribution in [0, 0.1) is 5.92 Å². The summed E-state index contributed by atoms with van der Waals surface area (Å²) in [5.74, 6) is -1.13. The van der Waals surface area contributed by atoms with E-state index in [2.05, 4.69) is 10.2 Å². The van der Waals surface area contributed by atoms with Crippen molar-refractivity contribution in [3.8, 4) is 16.3 Å². The van der Waals surface area contributed by atoms with Crippen molar-refractivity contribution in [1.29, 1.82) is 0 Å². The molecule has 2 aromatic rings. The second-order valence-electron chi connectivity index (χ2n) is 4.86. The number of benzene rings is 1. The van der Waals surface area contributed by atoms with Gasteiger partial charge in [0.2, 0.25) is 11.0 Å². The molecule has 1 aliphatic rings. The number of ether oxygens (including phenoxy) is 1. The molecular weight excluding hydrogens is 306 g/mol. The molecule has 0 radical (unpaired) electrons. The molecule has 1 fully saturated rings. The van der Waals surface area contributed by atoms with Crippen LogP contribution in [0.1, 0.15) is 6.42 Å². The molecule has 3 rings (SSSR count). The summed E-state index contributed by atoms with van der Waals surface area (Å²) in [5.41, 5.74) is 0.867. The predicted octanol–water partition coefficient (Wildman–Crippen LogP) is 1.65. The summed E-state index contributed by atoms with van der Waals surface area (Å²) in [6, 6.07) is 7.35. The van der Waals surface area contributed by atoms with Gasteiger partial charge in [0.15, 0.2) is 0 Å². The average Bonchev–Trinajstić information content (AvgIpc) is 3.14. The average molecular weight is 319 g/mol. The third kappa shape index (κ3) is 2.64. The summed E-state index contributed by atoms with van der Waals surface area (Å²) < 4.78 is 5.10. The van der Waals surface area contributed by atoms with E-state index in [-0.39, 0.29) is 18.9 Å². The second-order valence-corrected chi connectivity index (χ2v) is 5.82. The summed E-state index contributed by atoms with van der Waals surface area (Å²) in [6.07, 6.45) is 0.00673. The molecule has 2 heterocycles. The van der Waals surface area contributed by atoms with Crippen molar-refractivity contribution in [2.24, 2.45) is 5.92 Å². The van der Waals surface area contributed by atoms with Crippen molar-refractivity contribution in [3.05, 3.63) is 24.3 Å². The highest BCUT2D eigenvalue weighted by Crippen LogP contribution is 2.32. The Labute approximate surface area is 130 Å². The number of aromatic nitrogens is 2. The van der Waals surface area contributed by atoms with Gasteiger partial charge in [-0.15, -0.1) is 10.2 Å². The van der Waals surface area contributed by atoms with Gasteiger partial charge in [0.1, 0.15) is 10.8 Å². The third-order valence-corrected chi connectivity index (χ3v) is 4.45. The van der Waals surface area contributed by atoms with Crippen LogP contribution in [0.5, 0.6) is 5.75 Å². The van der Waals surface area contributed by atoms with Crippen LogP contribution in [0.3, 0.4) is 0 Å². The van der Waals surface area contributed by atoms with Crippen LogP contribution in [-0.4, -0.2) is 40.8 Å². The number of nitrogens with zero attached hydrogens (tertiary/aromatic N) is 3. The number of anilines is 1. The molecule has 114 valence electrons. The topological polar surface area (TPSA) is 92.6 Å². The quantitative estimate of drug-likeness (QED) is 0.921. The fourth-order valence-electron chi connectivity index (χ4n) is 2.23. The number of methoxy groups -OCH3 is 1. The Kier molecular flexibility index (Phi) is 3.76. The summed E-state index contributed by atoms with van der Waals surface area (Å²) in [7, 11) is 1.59. The molecular formula is C14H13N3O4S. The van der Waals surface area contributed by atoms with Crippen molar-refractivity contribution in [1.82, 2.24) is 10.2 Å². The van der Waals surface area contributed by atoms with Gasteiger partial charge in [-0.05, 0) is 24.3 Å². The Balaban J connectivity index is 1.81. The van der Waals surface area contributed by atoms with Gasteiger partial charge in [0.25, 0.3) is 0 Å². The number of carbonyl (C=O) groups is 2. The molecule has 0 spiro atoms. The first-order valence-corrected chi connectivity index (χ1v) is 7.41. The van der Waals surface area contributed by atoms with Crippen LogP contribution in [0.25, 0.3) is 10.6 Å².